The van der Waals surface area contributed by atoms with E-state index in [9.17, 15) is 9.59 Å². The predicted molar refractivity (Wildman–Crippen MR) is 83.9 cm³/mol. The van der Waals surface area contributed by atoms with Crippen LogP contribution in [0.3, 0.4) is 0 Å². The topological polar surface area (TPSA) is 67.4 Å². The molecule has 114 valence electrons. The molecule has 1 aliphatic rings. The van der Waals surface area contributed by atoms with Crippen molar-refractivity contribution in [1.82, 2.24) is 5.32 Å². The van der Waals surface area contributed by atoms with E-state index in [0.717, 1.165) is 16.6 Å². The van der Waals surface area contributed by atoms with Crippen molar-refractivity contribution >= 4 is 33.4 Å². The van der Waals surface area contributed by atoms with Crippen LogP contribution in [-0.4, -0.2) is 32.1 Å². The van der Waals surface area contributed by atoms with Crippen LogP contribution in [0, 0.1) is 11.8 Å². The van der Waals surface area contributed by atoms with Gasteiger partial charge in [0.25, 0.3) is 0 Å². The summed E-state index contributed by atoms with van der Waals surface area (Å²) in [5.41, 5.74) is 0.730. The molecule has 0 spiro atoms. The van der Waals surface area contributed by atoms with E-state index in [4.69, 9.17) is 4.74 Å². The van der Waals surface area contributed by atoms with E-state index in [2.05, 4.69) is 26.6 Å². The quantitative estimate of drug-likeness (QED) is 0.737. The molecule has 1 saturated carbocycles. The lowest BCUT2D eigenvalue weighted by atomic mass is 10.2. The van der Waals surface area contributed by atoms with E-state index < -0.39 is 0 Å². The zero-order chi connectivity index (χ0) is 15.2. The minimum Gasteiger partial charge on any atom is -0.385 e. The lowest BCUT2D eigenvalue weighted by Gasteiger charge is -2.07. The van der Waals surface area contributed by atoms with Crippen LogP contribution in [0.1, 0.15) is 12.8 Å². The van der Waals surface area contributed by atoms with Crippen LogP contribution in [0.2, 0.25) is 0 Å². The fourth-order valence-corrected chi connectivity index (χ4v) is 2.51. The summed E-state index contributed by atoms with van der Waals surface area (Å²) >= 11 is 3.38. The summed E-state index contributed by atoms with van der Waals surface area (Å²) in [4.78, 5) is 23.9. The Labute approximate surface area is 132 Å². The molecule has 21 heavy (non-hydrogen) atoms. The average Bonchev–Trinajstić information content (AvgIpc) is 3.26. The second-order valence-corrected chi connectivity index (χ2v) is 5.91. The standard InChI is InChI=1S/C15H19BrN2O3/c1-21-8-4-7-17-14(19)10-9-11(10)15(20)18-13-6-3-2-5-12(13)16/h2-3,5-6,10-11H,4,7-9H2,1H3,(H,17,19)(H,18,20). The lowest BCUT2D eigenvalue weighted by Crippen LogP contribution is -2.28. The highest BCUT2D eigenvalue weighted by molar-refractivity contribution is 9.10. The van der Waals surface area contributed by atoms with Gasteiger partial charge in [-0.15, -0.1) is 0 Å². The smallest absolute Gasteiger partial charge is 0.228 e. The number of anilines is 1. The van der Waals surface area contributed by atoms with Crippen molar-refractivity contribution in [1.29, 1.82) is 0 Å². The lowest BCUT2D eigenvalue weighted by molar-refractivity contribution is -0.125. The van der Waals surface area contributed by atoms with Crippen LogP contribution in [0.5, 0.6) is 0 Å². The average molecular weight is 355 g/mol. The van der Waals surface area contributed by atoms with Crippen LogP contribution in [-0.2, 0) is 14.3 Å². The number of rotatable bonds is 7. The van der Waals surface area contributed by atoms with Gasteiger partial charge in [0.05, 0.1) is 17.5 Å². The number of benzene rings is 1. The largest absolute Gasteiger partial charge is 0.385 e. The van der Waals surface area contributed by atoms with Crippen molar-refractivity contribution in [3.63, 3.8) is 0 Å². The molecule has 1 aromatic carbocycles. The third-order valence-electron chi connectivity index (χ3n) is 3.42. The Morgan fingerprint density at radius 3 is 2.71 bits per heavy atom. The van der Waals surface area contributed by atoms with Crippen LogP contribution >= 0.6 is 15.9 Å². The molecule has 2 atom stereocenters. The zero-order valence-electron chi connectivity index (χ0n) is 11.9. The maximum absolute atomic E-state index is 12.1. The molecule has 1 aliphatic carbocycles. The van der Waals surface area contributed by atoms with Gasteiger partial charge in [0, 0.05) is 24.7 Å². The first-order valence-electron chi connectivity index (χ1n) is 6.95. The second-order valence-electron chi connectivity index (χ2n) is 5.06. The Balaban J connectivity index is 1.76. The summed E-state index contributed by atoms with van der Waals surface area (Å²) < 4.78 is 5.75. The molecule has 2 N–H and O–H groups in total. The van der Waals surface area contributed by atoms with Gasteiger partial charge in [0.2, 0.25) is 11.8 Å². The second kappa shape index (κ2) is 7.56. The van der Waals surface area contributed by atoms with Crippen molar-refractivity contribution in [2.45, 2.75) is 12.8 Å². The normalized spacial score (nSPS) is 19.9. The van der Waals surface area contributed by atoms with Gasteiger partial charge in [-0.05, 0) is 40.9 Å². The van der Waals surface area contributed by atoms with Crippen LogP contribution in [0.25, 0.3) is 0 Å². The first-order chi connectivity index (χ1) is 10.1. The molecule has 6 heteroatoms. The summed E-state index contributed by atoms with van der Waals surface area (Å²) in [7, 11) is 1.63. The number of nitrogens with one attached hydrogen (secondary N) is 2. The van der Waals surface area contributed by atoms with E-state index in [-0.39, 0.29) is 23.7 Å². The third-order valence-corrected chi connectivity index (χ3v) is 4.11. The maximum atomic E-state index is 12.1. The molecule has 2 amide bonds. The number of amides is 2. The number of carbonyl (C=O) groups excluding carboxylic acids is 2. The minimum absolute atomic E-state index is 0.0432. The van der Waals surface area contributed by atoms with E-state index in [1.54, 1.807) is 7.11 Å². The van der Waals surface area contributed by atoms with Crippen molar-refractivity contribution in [2.24, 2.45) is 11.8 Å². The fourth-order valence-electron chi connectivity index (χ4n) is 2.12. The molecule has 1 aromatic rings. The number of ether oxygens (including phenoxy) is 1. The van der Waals surface area contributed by atoms with Gasteiger partial charge in [0.15, 0.2) is 0 Å². The Hall–Kier alpha value is -1.40. The maximum Gasteiger partial charge on any atom is 0.228 e. The zero-order valence-corrected chi connectivity index (χ0v) is 13.5. The number of hydrogen-bond acceptors (Lipinski definition) is 3. The van der Waals surface area contributed by atoms with Gasteiger partial charge in [-0.1, -0.05) is 12.1 Å². The highest BCUT2D eigenvalue weighted by atomic mass is 79.9. The van der Waals surface area contributed by atoms with Crippen LogP contribution in [0.4, 0.5) is 5.69 Å². The first kappa shape index (κ1) is 16.0. The summed E-state index contributed by atoms with van der Waals surface area (Å²) in [6.07, 6.45) is 1.40. The van der Waals surface area contributed by atoms with Gasteiger partial charge in [-0.2, -0.15) is 0 Å². The molecule has 0 radical (unpaired) electrons. The highest BCUT2D eigenvalue weighted by Crippen LogP contribution is 2.39. The van der Waals surface area contributed by atoms with Crippen LogP contribution < -0.4 is 10.6 Å². The molecule has 0 aliphatic heterocycles. The van der Waals surface area contributed by atoms with Gasteiger partial charge < -0.3 is 15.4 Å². The first-order valence-corrected chi connectivity index (χ1v) is 7.75. The van der Waals surface area contributed by atoms with Crippen molar-refractivity contribution in [3.05, 3.63) is 28.7 Å². The van der Waals surface area contributed by atoms with Gasteiger partial charge in [-0.3, -0.25) is 9.59 Å². The van der Waals surface area contributed by atoms with Crippen molar-refractivity contribution in [3.8, 4) is 0 Å². The van der Waals surface area contributed by atoms with E-state index in [1.807, 2.05) is 24.3 Å². The predicted octanol–water partition coefficient (Wildman–Crippen LogP) is 2.18. The Morgan fingerprint density at radius 1 is 1.29 bits per heavy atom. The summed E-state index contributed by atoms with van der Waals surface area (Å²) in [6.45, 7) is 1.21. The van der Waals surface area contributed by atoms with Crippen molar-refractivity contribution in [2.75, 3.05) is 25.6 Å². The molecule has 0 heterocycles. The molecule has 0 saturated heterocycles. The molecule has 0 bridgehead atoms. The Morgan fingerprint density at radius 2 is 2.00 bits per heavy atom. The summed E-state index contributed by atoms with van der Waals surface area (Å²) in [5.74, 6) is -0.563. The molecule has 2 rings (SSSR count). The number of halogens is 1. The molecule has 0 aromatic heterocycles. The monoisotopic (exact) mass is 354 g/mol. The third kappa shape index (κ3) is 4.54. The van der Waals surface area contributed by atoms with Crippen LogP contribution in [0.15, 0.2) is 28.7 Å². The Bertz CT molecular complexity index is 521. The molecular weight excluding hydrogens is 336 g/mol. The highest BCUT2D eigenvalue weighted by Gasteiger charge is 2.47. The summed E-state index contributed by atoms with van der Waals surface area (Å²) in [5, 5.41) is 5.68. The molecule has 1 fully saturated rings. The number of hydrogen-bond donors (Lipinski definition) is 2. The SMILES string of the molecule is COCCCNC(=O)C1CC1C(=O)Nc1ccccc1Br. The molecule has 2 unspecified atom stereocenters. The number of methoxy groups -OCH3 is 1. The number of carbonyl (C=O) groups is 2. The number of para-hydroxylation sites is 1. The van der Waals surface area contributed by atoms with E-state index in [1.165, 1.54) is 0 Å². The fraction of sp³-hybridized carbons (Fsp3) is 0.467. The van der Waals surface area contributed by atoms with E-state index in [0.29, 0.717) is 19.6 Å². The molecule has 5 nitrogen and oxygen atoms in total. The van der Waals surface area contributed by atoms with Gasteiger partial charge in [0.1, 0.15) is 0 Å². The van der Waals surface area contributed by atoms with Gasteiger partial charge in [-0.25, -0.2) is 0 Å². The van der Waals surface area contributed by atoms with Gasteiger partial charge >= 0.3 is 0 Å². The van der Waals surface area contributed by atoms with E-state index >= 15 is 0 Å². The molecular formula is C15H19BrN2O3. The summed E-state index contributed by atoms with van der Waals surface area (Å²) in [6, 6.07) is 7.42. The van der Waals surface area contributed by atoms with Crippen molar-refractivity contribution < 1.29 is 14.3 Å². The Kier molecular flexibility index (Phi) is 5.76. The minimum atomic E-state index is -0.223.